The molecule has 0 unspecified atom stereocenters. The molecule has 1 fully saturated rings. The summed E-state index contributed by atoms with van der Waals surface area (Å²) in [5.74, 6) is 1.28. The molecule has 6 heteroatoms. The quantitative estimate of drug-likeness (QED) is 0.433. The third kappa shape index (κ3) is 4.08. The van der Waals surface area contributed by atoms with Gasteiger partial charge in [-0.25, -0.2) is 4.98 Å². The van der Waals surface area contributed by atoms with Gasteiger partial charge in [-0.3, -0.25) is 14.4 Å². The predicted octanol–water partition coefficient (Wildman–Crippen LogP) is 5.40. The second kappa shape index (κ2) is 8.75. The fraction of sp³-hybridized carbons (Fsp3) is 0.444. The molecule has 1 aliphatic heterocycles. The molecule has 0 bridgehead atoms. The average Bonchev–Trinajstić information content (AvgIpc) is 3.39. The number of piperidine rings is 1. The Hall–Kier alpha value is -2.99. The van der Waals surface area contributed by atoms with Gasteiger partial charge in [-0.2, -0.15) is 5.10 Å². The first-order chi connectivity index (χ1) is 15.9. The van der Waals surface area contributed by atoms with Crippen molar-refractivity contribution in [3.63, 3.8) is 0 Å². The van der Waals surface area contributed by atoms with Crippen LogP contribution < -0.4 is 0 Å². The van der Waals surface area contributed by atoms with E-state index in [4.69, 9.17) is 0 Å². The number of pyridine rings is 1. The van der Waals surface area contributed by atoms with Crippen molar-refractivity contribution in [2.45, 2.75) is 51.9 Å². The summed E-state index contributed by atoms with van der Waals surface area (Å²) in [5, 5.41) is 6.71. The molecule has 3 aromatic heterocycles. The molecular weight excluding hydrogens is 410 g/mol. The highest BCUT2D eigenvalue weighted by Crippen LogP contribution is 2.38. The first-order valence-electron chi connectivity index (χ1n) is 12.1. The zero-order valence-electron chi connectivity index (χ0n) is 20.1. The van der Waals surface area contributed by atoms with Gasteiger partial charge in [-0.15, -0.1) is 0 Å². The Morgan fingerprint density at radius 2 is 1.97 bits per heavy atom. The Morgan fingerprint density at radius 3 is 2.70 bits per heavy atom. The number of carbonyl (C=O) groups is 1. The maximum atomic E-state index is 11.8. The summed E-state index contributed by atoms with van der Waals surface area (Å²) in [4.78, 5) is 22.5. The number of likely N-dealkylation sites (tertiary alicyclic amines) is 1. The molecule has 1 saturated heterocycles. The Balaban J connectivity index is 1.47. The van der Waals surface area contributed by atoms with E-state index in [-0.39, 0.29) is 0 Å². The number of carbonyl (C=O) groups excluding carboxylic acids is 1. The molecule has 0 aliphatic carbocycles. The first-order valence-corrected chi connectivity index (χ1v) is 12.1. The highest BCUT2D eigenvalue weighted by Gasteiger charge is 2.23. The topological polar surface area (TPSA) is 66.8 Å². The van der Waals surface area contributed by atoms with Gasteiger partial charge in [0.25, 0.3) is 0 Å². The normalized spacial score (nSPS) is 15.8. The van der Waals surface area contributed by atoms with Crippen LogP contribution in [0.3, 0.4) is 0 Å². The van der Waals surface area contributed by atoms with E-state index >= 15 is 0 Å². The lowest BCUT2D eigenvalue weighted by Gasteiger charge is -2.31. The zero-order chi connectivity index (χ0) is 23.1. The van der Waals surface area contributed by atoms with E-state index in [9.17, 15) is 4.79 Å². The third-order valence-electron chi connectivity index (χ3n) is 7.15. The van der Waals surface area contributed by atoms with Crippen LogP contribution in [0.4, 0.5) is 0 Å². The van der Waals surface area contributed by atoms with Crippen LogP contribution in [0.25, 0.3) is 33.2 Å². The van der Waals surface area contributed by atoms with Crippen molar-refractivity contribution >= 4 is 27.7 Å². The van der Waals surface area contributed by atoms with Gasteiger partial charge in [0.05, 0.1) is 18.4 Å². The van der Waals surface area contributed by atoms with E-state index in [0.717, 1.165) is 48.2 Å². The number of rotatable bonds is 6. The smallest absolute Gasteiger partial charge is 0.157 e. The molecule has 172 valence electrons. The number of nitrogens with zero attached hydrogens (tertiary/aromatic N) is 4. The number of H-pyrrole nitrogens is 1. The zero-order valence-corrected chi connectivity index (χ0v) is 20.1. The number of aromatic amines is 1. The van der Waals surface area contributed by atoms with Crippen LogP contribution in [0.15, 0.2) is 36.7 Å². The second-order valence-electron chi connectivity index (χ2n) is 9.72. The summed E-state index contributed by atoms with van der Waals surface area (Å²) < 4.78 is 1.81. The van der Waals surface area contributed by atoms with Crippen LogP contribution in [0, 0.1) is 0 Å². The molecule has 0 amide bonds. The van der Waals surface area contributed by atoms with E-state index in [1.54, 1.807) is 0 Å². The summed E-state index contributed by atoms with van der Waals surface area (Å²) in [5.41, 5.74) is 7.10. The van der Waals surface area contributed by atoms with Crippen molar-refractivity contribution in [1.82, 2.24) is 24.6 Å². The lowest BCUT2D eigenvalue weighted by Crippen LogP contribution is -2.36. The van der Waals surface area contributed by atoms with Crippen molar-refractivity contribution < 1.29 is 4.79 Å². The fourth-order valence-electron chi connectivity index (χ4n) is 5.28. The molecule has 4 heterocycles. The van der Waals surface area contributed by atoms with Crippen molar-refractivity contribution in [1.29, 1.82) is 0 Å². The number of nitrogens with one attached hydrogen (secondary N) is 1. The van der Waals surface area contributed by atoms with Crippen LogP contribution in [-0.2, 0) is 11.8 Å². The average molecular weight is 444 g/mol. The number of benzene rings is 1. The molecule has 0 radical (unpaired) electrons. The maximum absolute atomic E-state index is 11.8. The second-order valence-corrected chi connectivity index (χ2v) is 9.72. The SMILES string of the molecule is CCC(=O)CN1CCC(c2ccc3[nH]c(-c4cnc5c(cnn5C)c4)c(C(C)C)c3c2)CC1. The van der Waals surface area contributed by atoms with Crippen molar-refractivity contribution in [3.8, 4) is 11.3 Å². The van der Waals surface area contributed by atoms with E-state index in [1.165, 1.54) is 22.0 Å². The molecule has 5 rings (SSSR count). The molecule has 1 aliphatic rings. The highest BCUT2D eigenvalue weighted by molar-refractivity contribution is 5.93. The van der Waals surface area contributed by atoms with Gasteiger partial charge >= 0.3 is 0 Å². The number of aryl methyl sites for hydroxylation is 1. The highest BCUT2D eigenvalue weighted by atomic mass is 16.1. The van der Waals surface area contributed by atoms with E-state index in [2.05, 4.69) is 58.1 Å². The van der Waals surface area contributed by atoms with Crippen LogP contribution >= 0.6 is 0 Å². The Kier molecular flexibility index (Phi) is 5.79. The molecule has 0 saturated carbocycles. The molecule has 1 aromatic carbocycles. The molecule has 6 nitrogen and oxygen atoms in total. The van der Waals surface area contributed by atoms with Crippen molar-refractivity contribution in [2.75, 3.05) is 19.6 Å². The number of hydrogen-bond acceptors (Lipinski definition) is 4. The van der Waals surface area contributed by atoms with Gasteiger partial charge in [0, 0.05) is 41.5 Å². The number of fused-ring (bicyclic) bond motifs is 2. The Bertz CT molecular complexity index is 1310. The Morgan fingerprint density at radius 1 is 1.18 bits per heavy atom. The monoisotopic (exact) mass is 443 g/mol. The summed E-state index contributed by atoms with van der Waals surface area (Å²) in [7, 11) is 1.92. The summed E-state index contributed by atoms with van der Waals surface area (Å²) >= 11 is 0. The maximum Gasteiger partial charge on any atom is 0.157 e. The number of hydrogen-bond donors (Lipinski definition) is 1. The minimum atomic E-state index is 0.343. The fourth-order valence-corrected chi connectivity index (χ4v) is 5.28. The van der Waals surface area contributed by atoms with Gasteiger partial charge in [0.2, 0.25) is 0 Å². The number of Topliss-reactive ketones (excluding diaryl/α,β-unsaturated/α-hetero) is 1. The standard InChI is InChI=1S/C27H33N5O/c1-5-22(33)16-32-10-8-18(9-11-32)19-6-7-24-23(13-19)25(17(2)3)26(30-24)20-12-21-15-29-31(4)27(21)28-14-20/h6-7,12-15,17-18,30H,5,8-11,16H2,1-4H3. The molecule has 33 heavy (non-hydrogen) atoms. The molecular formula is C27H33N5O. The van der Waals surface area contributed by atoms with Crippen LogP contribution in [0.1, 0.15) is 63.0 Å². The summed E-state index contributed by atoms with van der Waals surface area (Å²) in [6, 6.07) is 9.11. The molecule has 0 atom stereocenters. The number of ketones is 1. The molecule has 4 aromatic rings. The van der Waals surface area contributed by atoms with E-state index in [0.29, 0.717) is 30.6 Å². The minimum Gasteiger partial charge on any atom is -0.354 e. The molecule has 0 spiro atoms. The van der Waals surface area contributed by atoms with E-state index in [1.807, 2.05) is 31.0 Å². The van der Waals surface area contributed by atoms with E-state index < -0.39 is 0 Å². The van der Waals surface area contributed by atoms with Gasteiger partial charge in [-0.05, 0) is 67.1 Å². The van der Waals surface area contributed by atoms with Crippen molar-refractivity contribution in [2.24, 2.45) is 7.05 Å². The predicted molar refractivity (Wildman–Crippen MR) is 134 cm³/mol. The largest absolute Gasteiger partial charge is 0.354 e. The van der Waals surface area contributed by atoms with Crippen LogP contribution in [0.2, 0.25) is 0 Å². The summed E-state index contributed by atoms with van der Waals surface area (Å²) in [6.45, 7) is 9.08. The number of aromatic nitrogens is 4. The lowest BCUT2D eigenvalue weighted by molar-refractivity contribution is -0.120. The van der Waals surface area contributed by atoms with Gasteiger partial charge in [-0.1, -0.05) is 26.8 Å². The minimum absolute atomic E-state index is 0.343. The molecule has 1 N–H and O–H groups in total. The van der Waals surface area contributed by atoms with Crippen LogP contribution in [0.5, 0.6) is 0 Å². The van der Waals surface area contributed by atoms with Crippen molar-refractivity contribution in [3.05, 3.63) is 47.8 Å². The third-order valence-corrected chi connectivity index (χ3v) is 7.15. The van der Waals surface area contributed by atoms with Gasteiger partial charge < -0.3 is 4.98 Å². The summed E-state index contributed by atoms with van der Waals surface area (Å²) in [6.07, 6.45) is 6.68. The van der Waals surface area contributed by atoms with Crippen LogP contribution in [-0.4, -0.2) is 50.1 Å². The lowest BCUT2D eigenvalue weighted by atomic mass is 9.87. The van der Waals surface area contributed by atoms with Gasteiger partial charge in [0.15, 0.2) is 5.65 Å². The Labute approximate surface area is 195 Å². The van der Waals surface area contributed by atoms with Gasteiger partial charge in [0.1, 0.15) is 5.78 Å². The first kappa shape index (κ1) is 21.8.